The van der Waals surface area contributed by atoms with Crippen LogP contribution in [0.2, 0.25) is 0 Å². The second kappa shape index (κ2) is 5.78. The molecule has 0 radical (unpaired) electrons. The molecule has 0 aliphatic carbocycles. The molecule has 1 aromatic carbocycles. The van der Waals surface area contributed by atoms with Crippen LogP contribution >= 0.6 is 12.2 Å². The van der Waals surface area contributed by atoms with Crippen LogP contribution in [0.15, 0.2) is 52.2 Å². The summed E-state index contributed by atoms with van der Waals surface area (Å²) in [5.74, 6) is -0.255. The number of aromatic carboxylic acids is 1. The number of carboxylic acid groups (broad SMARTS) is 1. The number of rotatable bonds is 4. The molecule has 0 fully saturated rings. The van der Waals surface area contributed by atoms with Crippen LogP contribution in [0.3, 0.4) is 0 Å². The van der Waals surface area contributed by atoms with Crippen LogP contribution in [0.4, 0.5) is 0 Å². The number of carboxylic acids is 1. The predicted octanol–water partition coefficient (Wildman–Crippen LogP) is 1.45. The van der Waals surface area contributed by atoms with Crippen LogP contribution in [0, 0.1) is 4.77 Å². The molecular weight excluding hydrogens is 304 g/mol. The van der Waals surface area contributed by atoms with Gasteiger partial charge in [-0.05, 0) is 35.5 Å². The van der Waals surface area contributed by atoms with Crippen molar-refractivity contribution in [2.75, 3.05) is 0 Å². The van der Waals surface area contributed by atoms with Crippen molar-refractivity contribution in [1.29, 1.82) is 0 Å². The van der Waals surface area contributed by atoms with Gasteiger partial charge in [-0.1, -0.05) is 24.3 Å². The maximum Gasteiger partial charge on any atom is 0.219 e. The number of aromatic amines is 1. The van der Waals surface area contributed by atoms with Gasteiger partial charge in [0.1, 0.15) is 0 Å². The molecular formula is C14H9N4O3S-. The van der Waals surface area contributed by atoms with E-state index in [1.54, 1.807) is 24.3 Å². The van der Waals surface area contributed by atoms with Crippen molar-refractivity contribution in [3.8, 4) is 11.6 Å². The lowest BCUT2D eigenvalue weighted by molar-refractivity contribution is -0.255. The molecule has 2 aromatic heterocycles. The molecule has 0 spiro atoms. The summed E-state index contributed by atoms with van der Waals surface area (Å²) in [4.78, 5) is 10.7. The Morgan fingerprint density at radius 3 is 2.77 bits per heavy atom. The summed E-state index contributed by atoms with van der Waals surface area (Å²) >= 11 is 5.12. The molecule has 3 aromatic rings. The van der Waals surface area contributed by atoms with E-state index in [0.717, 1.165) is 0 Å². The summed E-state index contributed by atoms with van der Waals surface area (Å²) < 4.78 is 7.00. The quantitative estimate of drug-likeness (QED) is 0.580. The summed E-state index contributed by atoms with van der Waals surface area (Å²) in [7, 11) is 0. The Labute approximate surface area is 129 Å². The minimum Gasteiger partial charge on any atom is -0.545 e. The first kappa shape index (κ1) is 14.0. The molecule has 0 bridgehead atoms. The van der Waals surface area contributed by atoms with E-state index in [1.807, 2.05) is 0 Å². The van der Waals surface area contributed by atoms with E-state index in [4.69, 9.17) is 16.6 Å². The van der Waals surface area contributed by atoms with Crippen molar-refractivity contribution in [2.45, 2.75) is 0 Å². The molecule has 2 heterocycles. The molecule has 0 unspecified atom stereocenters. The molecule has 0 atom stereocenters. The van der Waals surface area contributed by atoms with E-state index in [1.165, 1.54) is 29.3 Å². The van der Waals surface area contributed by atoms with Crippen LogP contribution in [-0.4, -0.2) is 27.1 Å². The Balaban J connectivity index is 1.91. The standard InChI is InChI=1S/C14H10N4O3S/c19-13(20)10-5-3-9(4-6-10)8-15-18-12(16-17-14(18)22)11-2-1-7-21-11/h1-8H,(H,17,22)(H,19,20)/p-1. The highest BCUT2D eigenvalue weighted by atomic mass is 32.1. The monoisotopic (exact) mass is 313 g/mol. The maximum absolute atomic E-state index is 10.7. The average molecular weight is 313 g/mol. The van der Waals surface area contributed by atoms with Gasteiger partial charge in [-0.2, -0.15) is 9.78 Å². The number of nitrogens with zero attached hydrogens (tertiary/aromatic N) is 3. The predicted molar refractivity (Wildman–Crippen MR) is 78.9 cm³/mol. The lowest BCUT2D eigenvalue weighted by atomic mass is 10.1. The van der Waals surface area contributed by atoms with Crippen molar-refractivity contribution < 1.29 is 14.3 Å². The highest BCUT2D eigenvalue weighted by molar-refractivity contribution is 7.71. The van der Waals surface area contributed by atoms with E-state index >= 15 is 0 Å². The summed E-state index contributed by atoms with van der Waals surface area (Å²) in [5.41, 5.74) is 0.812. The van der Waals surface area contributed by atoms with E-state index in [0.29, 0.717) is 21.9 Å². The first-order valence-electron chi connectivity index (χ1n) is 6.22. The number of carbonyl (C=O) groups excluding carboxylic acids is 1. The highest BCUT2D eigenvalue weighted by Crippen LogP contribution is 2.17. The molecule has 8 heteroatoms. The van der Waals surface area contributed by atoms with Gasteiger partial charge in [0.2, 0.25) is 10.6 Å². The topological polar surface area (TPSA) is 99.2 Å². The first-order chi connectivity index (χ1) is 10.6. The molecule has 0 aliphatic rings. The van der Waals surface area contributed by atoms with Gasteiger partial charge in [-0.25, -0.2) is 5.10 Å². The van der Waals surface area contributed by atoms with Gasteiger partial charge < -0.3 is 14.3 Å². The number of carbonyl (C=O) groups is 1. The van der Waals surface area contributed by atoms with E-state index in [9.17, 15) is 9.90 Å². The van der Waals surface area contributed by atoms with Gasteiger partial charge in [0.25, 0.3) is 0 Å². The van der Waals surface area contributed by atoms with Gasteiger partial charge in [-0.3, -0.25) is 0 Å². The fourth-order valence-corrected chi connectivity index (χ4v) is 1.97. The number of aromatic nitrogens is 3. The lowest BCUT2D eigenvalue weighted by Crippen LogP contribution is -2.21. The average Bonchev–Trinajstić information content (AvgIpc) is 3.15. The zero-order valence-corrected chi connectivity index (χ0v) is 11.9. The van der Waals surface area contributed by atoms with E-state index < -0.39 is 5.97 Å². The normalized spacial score (nSPS) is 11.1. The summed E-state index contributed by atoms with van der Waals surface area (Å²) in [6.45, 7) is 0. The molecule has 1 N–H and O–H groups in total. The second-order valence-corrected chi connectivity index (χ2v) is 4.68. The molecule has 110 valence electrons. The third-order valence-corrected chi connectivity index (χ3v) is 3.12. The van der Waals surface area contributed by atoms with Gasteiger partial charge >= 0.3 is 0 Å². The van der Waals surface area contributed by atoms with Crippen molar-refractivity contribution in [3.05, 3.63) is 58.6 Å². The molecule has 7 nitrogen and oxygen atoms in total. The van der Waals surface area contributed by atoms with Crippen LogP contribution in [0.1, 0.15) is 15.9 Å². The number of furan rings is 1. The first-order valence-corrected chi connectivity index (χ1v) is 6.63. The Hall–Kier alpha value is -3.00. The zero-order chi connectivity index (χ0) is 15.5. The van der Waals surface area contributed by atoms with Crippen molar-refractivity contribution in [3.63, 3.8) is 0 Å². The Morgan fingerprint density at radius 2 is 2.14 bits per heavy atom. The molecule has 3 rings (SSSR count). The van der Waals surface area contributed by atoms with E-state index in [-0.39, 0.29) is 5.56 Å². The third-order valence-electron chi connectivity index (χ3n) is 2.86. The fraction of sp³-hybridized carbons (Fsp3) is 0. The van der Waals surface area contributed by atoms with Crippen LogP contribution in [-0.2, 0) is 0 Å². The number of nitrogens with one attached hydrogen (secondary N) is 1. The second-order valence-electron chi connectivity index (χ2n) is 4.30. The maximum atomic E-state index is 10.7. The SMILES string of the molecule is O=C([O-])c1ccc(C=Nn2c(-c3ccco3)n[nH]c2=S)cc1. The smallest absolute Gasteiger partial charge is 0.219 e. The van der Waals surface area contributed by atoms with Crippen LogP contribution in [0.25, 0.3) is 11.6 Å². The minimum absolute atomic E-state index is 0.105. The van der Waals surface area contributed by atoms with Crippen LogP contribution in [0.5, 0.6) is 0 Å². The zero-order valence-electron chi connectivity index (χ0n) is 11.1. The Kier molecular flexibility index (Phi) is 3.67. The number of hydrogen-bond acceptors (Lipinski definition) is 6. The van der Waals surface area contributed by atoms with E-state index in [2.05, 4.69) is 15.3 Å². The van der Waals surface area contributed by atoms with Gasteiger partial charge in [0, 0.05) is 0 Å². The largest absolute Gasteiger partial charge is 0.545 e. The third kappa shape index (κ3) is 2.72. The highest BCUT2D eigenvalue weighted by Gasteiger charge is 2.10. The van der Waals surface area contributed by atoms with Gasteiger partial charge in [-0.15, -0.1) is 5.10 Å². The molecule has 0 amide bonds. The minimum atomic E-state index is -1.22. The van der Waals surface area contributed by atoms with Gasteiger partial charge in [0.05, 0.1) is 18.4 Å². The van der Waals surface area contributed by atoms with Crippen molar-refractivity contribution in [2.24, 2.45) is 5.10 Å². The summed E-state index contributed by atoms with van der Waals surface area (Å²) in [6.07, 6.45) is 3.07. The van der Waals surface area contributed by atoms with Crippen LogP contribution < -0.4 is 5.11 Å². The molecule has 0 saturated carbocycles. The van der Waals surface area contributed by atoms with Crippen molar-refractivity contribution >= 4 is 24.4 Å². The number of benzene rings is 1. The lowest BCUT2D eigenvalue weighted by Gasteiger charge is -2.01. The Morgan fingerprint density at radius 1 is 1.36 bits per heavy atom. The Bertz CT molecular complexity index is 876. The molecule has 0 saturated heterocycles. The summed E-state index contributed by atoms with van der Waals surface area (Å²) in [6, 6.07) is 9.60. The van der Waals surface area contributed by atoms with Crippen molar-refractivity contribution in [1.82, 2.24) is 14.9 Å². The van der Waals surface area contributed by atoms with Gasteiger partial charge in [0.15, 0.2) is 5.76 Å². The summed E-state index contributed by atoms with van der Waals surface area (Å²) in [5, 5.41) is 21.6. The molecule has 22 heavy (non-hydrogen) atoms. The number of H-pyrrole nitrogens is 1. The fourth-order valence-electron chi connectivity index (χ4n) is 1.79. The molecule has 0 aliphatic heterocycles. The number of hydrogen-bond donors (Lipinski definition) is 1.